The molecule has 1 aliphatic rings. The average molecular weight is 336 g/mol. The van der Waals surface area contributed by atoms with Gasteiger partial charge in [0.15, 0.2) is 0 Å². The number of thiophene rings is 1. The standard InChI is InChI=1S/C14H16N4O2S2/c15-7-12-16-11(9-22-12)14(20)18-4-2-17(3-5-18)13(19)10-1-6-21-8-10/h1,6,8-9H,2-5,7,15H2. The van der Waals surface area contributed by atoms with Crippen molar-refractivity contribution in [3.8, 4) is 0 Å². The lowest BCUT2D eigenvalue weighted by molar-refractivity contribution is 0.0533. The van der Waals surface area contributed by atoms with Crippen molar-refractivity contribution in [1.82, 2.24) is 14.8 Å². The molecular weight excluding hydrogens is 320 g/mol. The summed E-state index contributed by atoms with van der Waals surface area (Å²) >= 11 is 2.91. The van der Waals surface area contributed by atoms with Crippen LogP contribution < -0.4 is 5.73 Å². The normalized spacial score (nSPS) is 15.1. The van der Waals surface area contributed by atoms with Gasteiger partial charge in [0.1, 0.15) is 10.7 Å². The summed E-state index contributed by atoms with van der Waals surface area (Å²) in [5, 5.41) is 6.25. The Hall–Kier alpha value is -1.77. The Bertz CT molecular complexity index is 660. The van der Waals surface area contributed by atoms with Gasteiger partial charge in [0.25, 0.3) is 11.8 Å². The molecule has 0 saturated carbocycles. The number of hydrogen-bond acceptors (Lipinski definition) is 6. The first-order valence-electron chi connectivity index (χ1n) is 6.94. The number of nitrogens with two attached hydrogens (primary N) is 1. The fourth-order valence-electron chi connectivity index (χ4n) is 2.35. The largest absolute Gasteiger partial charge is 0.335 e. The molecule has 2 aromatic heterocycles. The Kier molecular flexibility index (Phi) is 4.51. The van der Waals surface area contributed by atoms with Crippen molar-refractivity contribution in [2.75, 3.05) is 26.2 Å². The quantitative estimate of drug-likeness (QED) is 0.915. The summed E-state index contributed by atoms with van der Waals surface area (Å²) < 4.78 is 0. The van der Waals surface area contributed by atoms with Crippen LogP contribution in [0.25, 0.3) is 0 Å². The number of carbonyl (C=O) groups excluding carboxylic acids is 2. The van der Waals surface area contributed by atoms with Crippen LogP contribution in [0.5, 0.6) is 0 Å². The third-order valence-corrected chi connectivity index (χ3v) is 5.12. The van der Waals surface area contributed by atoms with E-state index < -0.39 is 0 Å². The molecule has 0 bridgehead atoms. The maximum Gasteiger partial charge on any atom is 0.273 e. The monoisotopic (exact) mass is 336 g/mol. The molecule has 22 heavy (non-hydrogen) atoms. The summed E-state index contributed by atoms with van der Waals surface area (Å²) in [5.74, 6) is -0.0500. The first-order valence-corrected chi connectivity index (χ1v) is 8.76. The number of amides is 2. The first kappa shape index (κ1) is 15.1. The fourth-order valence-corrected chi connectivity index (χ4v) is 3.62. The third kappa shape index (κ3) is 3.03. The minimum Gasteiger partial charge on any atom is -0.335 e. The number of hydrogen-bond donors (Lipinski definition) is 1. The summed E-state index contributed by atoms with van der Waals surface area (Å²) in [6.07, 6.45) is 0. The van der Waals surface area contributed by atoms with Crippen LogP contribution in [0.4, 0.5) is 0 Å². The zero-order chi connectivity index (χ0) is 15.5. The van der Waals surface area contributed by atoms with E-state index in [-0.39, 0.29) is 11.8 Å². The van der Waals surface area contributed by atoms with Gasteiger partial charge in [-0.3, -0.25) is 9.59 Å². The van der Waals surface area contributed by atoms with Gasteiger partial charge in [-0.1, -0.05) is 0 Å². The lowest BCUT2D eigenvalue weighted by Crippen LogP contribution is -2.50. The summed E-state index contributed by atoms with van der Waals surface area (Å²) in [6.45, 7) is 2.51. The maximum atomic E-state index is 12.4. The topological polar surface area (TPSA) is 79.5 Å². The van der Waals surface area contributed by atoms with Gasteiger partial charge in [-0.05, 0) is 11.4 Å². The molecule has 6 nitrogen and oxygen atoms in total. The van der Waals surface area contributed by atoms with Crippen LogP contribution in [0, 0.1) is 0 Å². The predicted molar refractivity (Wildman–Crippen MR) is 86.1 cm³/mol. The molecule has 2 amide bonds. The summed E-state index contributed by atoms with van der Waals surface area (Å²) in [6, 6.07) is 1.83. The second-order valence-corrected chi connectivity index (χ2v) is 6.65. The van der Waals surface area contributed by atoms with E-state index in [0.29, 0.717) is 38.4 Å². The van der Waals surface area contributed by atoms with Crippen LogP contribution in [0.1, 0.15) is 25.9 Å². The molecule has 0 spiro atoms. The number of nitrogens with zero attached hydrogens (tertiary/aromatic N) is 3. The highest BCUT2D eigenvalue weighted by atomic mass is 32.1. The van der Waals surface area contributed by atoms with Crippen molar-refractivity contribution in [2.45, 2.75) is 6.54 Å². The van der Waals surface area contributed by atoms with Gasteiger partial charge in [-0.25, -0.2) is 4.98 Å². The van der Waals surface area contributed by atoms with Gasteiger partial charge < -0.3 is 15.5 Å². The van der Waals surface area contributed by atoms with E-state index in [9.17, 15) is 9.59 Å². The number of carbonyl (C=O) groups is 2. The van der Waals surface area contributed by atoms with Gasteiger partial charge in [0, 0.05) is 43.5 Å². The Morgan fingerprint density at radius 1 is 1.14 bits per heavy atom. The molecule has 2 aromatic rings. The minimum atomic E-state index is -0.0846. The molecule has 1 aliphatic heterocycles. The highest BCUT2D eigenvalue weighted by Gasteiger charge is 2.26. The van der Waals surface area contributed by atoms with Crippen molar-refractivity contribution >= 4 is 34.5 Å². The van der Waals surface area contributed by atoms with Crippen LogP contribution in [0.3, 0.4) is 0 Å². The first-order chi connectivity index (χ1) is 10.7. The number of rotatable bonds is 3. The van der Waals surface area contributed by atoms with E-state index in [2.05, 4.69) is 4.98 Å². The van der Waals surface area contributed by atoms with Gasteiger partial charge in [-0.15, -0.1) is 11.3 Å². The summed E-state index contributed by atoms with van der Waals surface area (Å²) in [7, 11) is 0. The van der Waals surface area contributed by atoms with Crippen LogP contribution in [0.2, 0.25) is 0 Å². The van der Waals surface area contributed by atoms with Crippen molar-refractivity contribution in [3.05, 3.63) is 38.5 Å². The van der Waals surface area contributed by atoms with Gasteiger partial charge >= 0.3 is 0 Å². The molecule has 0 aliphatic carbocycles. The zero-order valence-electron chi connectivity index (χ0n) is 11.9. The van der Waals surface area contributed by atoms with Crippen molar-refractivity contribution in [2.24, 2.45) is 5.73 Å². The molecule has 2 N–H and O–H groups in total. The highest BCUT2D eigenvalue weighted by molar-refractivity contribution is 7.09. The highest BCUT2D eigenvalue weighted by Crippen LogP contribution is 2.15. The van der Waals surface area contributed by atoms with Crippen molar-refractivity contribution in [1.29, 1.82) is 0 Å². The van der Waals surface area contributed by atoms with Gasteiger partial charge in [0.05, 0.1) is 5.56 Å². The molecule has 0 radical (unpaired) electrons. The number of aromatic nitrogens is 1. The Labute approximate surface area is 136 Å². The van der Waals surface area contributed by atoms with Crippen LogP contribution in [-0.2, 0) is 6.54 Å². The van der Waals surface area contributed by atoms with Crippen molar-refractivity contribution in [3.63, 3.8) is 0 Å². The lowest BCUT2D eigenvalue weighted by atomic mass is 10.2. The van der Waals surface area contributed by atoms with E-state index in [0.717, 1.165) is 10.6 Å². The van der Waals surface area contributed by atoms with Crippen LogP contribution in [0.15, 0.2) is 22.2 Å². The predicted octanol–water partition coefficient (Wildman–Crippen LogP) is 1.26. The molecule has 1 saturated heterocycles. The Morgan fingerprint density at radius 3 is 2.36 bits per heavy atom. The van der Waals surface area contributed by atoms with Crippen LogP contribution in [-0.4, -0.2) is 52.8 Å². The lowest BCUT2D eigenvalue weighted by Gasteiger charge is -2.34. The molecule has 8 heteroatoms. The smallest absolute Gasteiger partial charge is 0.273 e. The van der Waals surface area contributed by atoms with Gasteiger partial charge in [0.2, 0.25) is 0 Å². The Balaban J connectivity index is 1.59. The molecule has 0 unspecified atom stereocenters. The molecular formula is C14H16N4O2S2. The van der Waals surface area contributed by atoms with E-state index in [4.69, 9.17) is 5.73 Å². The van der Waals surface area contributed by atoms with Crippen LogP contribution >= 0.6 is 22.7 Å². The molecule has 0 aromatic carbocycles. The fraction of sp³-hybridized carbons (Fsp3) is 0.357. The van der Waals surface area contributed by atoms with Crippen molar-refractivity contribution < 1.29 is 9.59 Å². The molecule has 0 atom stereocenters. The summed E-state index contributed by atoms with van der Waals surface area (Å²) in [4.78, 5) is 32.4. The third-order valence-electron chi connectivity index (χ3n) is 3.57. The molecule has 3 rings (SSSR count). The molecule has 1 fully saturated rings. The molecule has 3 heterocycles. The average Bonchev–Trinajstić information content (AvgIpc) is 3.25. The van der Waals surface area contributed by atoms with Gasteiger partial charge in [-0.2, -0.15) is 11.3 Å². The van der Waals surface area contributed by atoms with E-state index in [1.807, 2.05) is 16.8 Å². The Morgan fingerprint density at radius 2 is 1.82 bits per heavy atom. The SMILES string of the molecule is NCc1nc(C(=O)N2CCN(C(=O)c3ccsc3)CC2)cs1. The minimum absolute atomic E-state index is 0.0347. The van der Waals surface area contributed by atoms with E-state index >= 15 is 0 Å². The number of thiazole rings is 1. The molecule has 116 valence electrons. The van der Waals surface area contributed by atoms with E-state index in [1.54, 1.807) is 15.2 Å². The zero-order valence-corrected chi connectivity index (χ0v) is 13.5. The van der Waals surface area contributed by atoms with E-state index in [1.165, 1.54) is 22.7 Å². The second-order valence-electron chi connectivity index (χ2n) is 4.93. The maximum absolute atomic E-state index is 12.4. The second kappa shape index (κ2) is 6.55. The number of piperazine rings is 1. The summed E-state index contributed by atoms with van der Waals surface area (Å²) in [5.41, 5.74) is 6.69.